The molecule has 0 spiro atoms. The second-order valence-corrected chi connectivity index (χ2v) is 4.97. The summed E-state index contributed by atoms with van der Waals surface area (Å²) in [5, 5.41) is 3.57. The number of furan rings is 1. The average molecular weight is 258 g/mol. The zero-order valence-electron chi connectivity index (χ0n) is 11.9. The predicted molar refractivity (Wildman–Crippen MR) is 77.2 cm³/mol. The largest absolute Gasteiger partial charge is 0.469 e. The van der Waals surface area contributed by atoms with Crippen LogP contribution in [0.1, 0.15) is 42.0 Å². The standard InChI is InChI=1S/C16H22N2O/c1-4-7-17-16(14-9-13(3)19-11-14)10-15-12(2)6-5-8-18-15/h5-6,8-9,11,16-17H,4,7,10H2,1-3H3. The van der Waals surface area contributed by atoms with E-state index in [4.69, 9.17) is 4.42 Å². The first-order valence-corrected chi connectivity index (χ1v) is 6.89. The van der Waals surface area contributed by atoms with Crippen molar-refractivity contribution in [2.45, 2.75) is 39.7 Å². The third-order valence-electron chi connectivity index (χ3n) is 3.31. The Hall–Kier alpha value is -1.61. The summed E-state index contributed by atoms with van der Waals surface area (Å²) >= 11 is 0. The quantitative estimate of drug-likeness (QED) is 0.860. The van der Waals surface area contributed by atoms with Crippen molar-refractivity contribution in [3.8, 4) is 0 Å². The topological polar surface area (TPSA) is 38.1 Å². The van der Waals surface area contributed by atoms with Gasteiger partial charge in [0.05, 0.1) is 6.26 Å². The van der Waals surface area contributed by atoms with Crippen molar-refractivity contribution >= 4 is 0 Å². The van der Waals surface area contributed by atoms with E-state index in [2.05, 4.69) is 36.3 Å². The molecule has 0 aromatic carbocycles. The van der Waals surface area contributed by atoms with Crippen molar-refractivity contribution in [1.82, 2.24) is 10.3 Å². The molecule has 0 aliphatic heterocycles. The lowest BCUT2D eigenvalue weighted by Gasteiger charge is -2.17. The van der Waals surface area contributed by atoms with E-state index >= 15 is 0 Å². The SMILES string of the molecule is CCCNC(Cc1ncccc1C)c1coc(C)c1. The Kier molecular flexibility index (Phi) is 4.74. The number of pyridine rings is 1. The van der Waals surface area contributed by atoms with Gasteiger partial charge < -0.3 is 9.73 Å². The zero-order valence-corrected chi connectivity index (χ0v) is 11.9. The van der Waals surface area contributed by atoms with Gasteiger partial charge in [-0.25, -0.2) is 0 Å². The summed E-state index contributed by atoms with van der Waals surface area (Å²) < 4.78 is 5.43. The maximum Gasteiger partial charge on any atom is 0.101 e. The molecule has 3 nitrogen and oxygen atoms in total. The van der Waals surface area contributed by atoms with Crippen LogP contribution >= 0.6 is 0 Å². The summed E-state index contributed by atoms with van der Waals surface area (Å²) in [5.41, 5.74) is 3.59. The van der Waals surface area contributed by atoms with Crippen LogP contribution in [0, 0.1) is 13.8 Å². The molecule has 1 atom stereocenters. The Bertz CT molecular complexity index is 519. The Morgan fingerprint density at radius 2 is 2.21 bits per heavy atom. The fraction of sp³-hybridized carbons (Fsp3) is 0.438. The first kappa shape index (κ1) is 13.8. The van der Waals surface area contributed by atoms with E-state index in [-0.39, 0.29) is 6.04 Å². The van der Waals surface area contributed by atoms with Crippen LogP contribution < -0.4 is 5.32 Å². The van der Waals surface area contributed by atoms with E-state index in [9.17, 15) is 0 Å². The van der Waals surface area contributed by atoms with Crippen LogP contribution in [0.4, 0.5) is 0 Å². The van der Waals surface area contributed by atoms with Crippen molar-refractivity contribution in [1.29, 1.82) is 0 Å². The first-order chi connectivity index (χ1) is 9.20. The molecule has 19 heavy (non-hydrogen) atoms. The summed E-state index contributed by atoms with van der Waals surface area (Å²) in [6.07, 6.45) is 5.72. The van der Waals surface area contributed by atoms with Gasteiger partial charge in [0.15, 0.2) is 0 Å². The highest BCUT2D eigenvalue weighted by Crippen LogP contribution is 2.21. The fourth-order valence-electron chi connectivity index (χ4n) is 2.20. The molecule has 2 rings (SSSR count). The maximum absolute atomic E-state index is 5.43. The molecule has 0 bridgehead atoms. The Morgan fingerprint density at radius 1 is 1.37 bits per heavy atom. The number of nitrogens with one attached hydrogen (secondary N) is 1. The van der Waals surface area contributed by atoms with Gasteiger partial charge in [-0.3, -0.25) is 4.98 Å². The van der Waals surface area contributed by atoms with Crippen molar-refractivity contribution in [3.05, 3.63) is 53.2 Å². The maximum atomic E-state index is 5.43. The van der Waals surface area contributed by atoms with Gasteiger partial charge in [0.2, 0.25) is 0 Å². The number of nitrogens with zero attached hydrogens (tertiary/aromatic N) is 1. The summed E-state index contributed by atoms with van der Waals surface area (Å²) in [5.74, 6) is 0.955. The monoisotopic (exact) mass is 258 g/mol. The second-order valence-electron chi connectivity index (χ2n) is 4.97. The molecule has 2 heterocycles. The minimum Gasteiger partial charge on any atom is -0.469 e. The third kappa shape index (κ3) is 3.67. The number of rotatable bonds is 6. The third-order valence-corrected chi connectivity index (χ3v) is 3.31. The molecule has 0 saturated carbocycles. The van der Waals surface area contributed by atoms with Crippen molar-refractivity contribution in [2.75, 3.05) is 6.54 Å². The average Bonchev–Trinajstić information content (AvgIpc) is 2.83. The van der Waals surface area contributed by atoms with Gasteiger partial charge in [-0.05, 0) is 44.5 Å². The van der Waals surface area contributed by atoms with Gasteiger partial charge in [-0.2, -0.15) is 0 Å². The van der Waals surface area contributed by atoms with Gasteiger partial charge in [-0.15, -0.1) is 0 Å². The highest BCUT2D eigenvalue weighted by atomic mass is 16.3. The van der Waals surface area contributed by atoms with Crippen LogP contribution in [0.5, 0.6) is 0 Å². The van der Waals surface area contributed by atoms with Crippen molar-refractivity contribution in [2.24, 2.45) is 0 Å². The number of hydrogen-bond acceptors (Lipinski definition) is 3. The van der Waals surface area contributed by atoms with E-state index in [0.29, 0.717) is 0 Å². The van der Waals surface area contributed by atoms with Crippen LogP contribution in [0.2, 0.25) is 0 Å². The van der Waals surface area contributed by atoms with Gasteiger partial charge in [-0.1, -0.05) is 13.0 Å². The van der Waals surface area contributed by atoms with Crippen LogP contribution in [-0.2, 0) is 6.42 Å². The molecule has 2 aromatic rings. The Labute approximate surface area is 115 Å². The summed E-state index contributed by atoms with van der Waals surface area (Å²) in [6, 6.07) is 6.46. The molecule has 102 valence electrons. The molecular formula is C16H22N2O. The lowest BCUT2D eigenvalue weighted by atomic mass is 10.0. The minimum atomic E-state index is 0.269. The zero-order chi connectivity index (χ0) is 13.7. The van der Waals surface area contributed by atoms with Gasteiger partial charge in [0, 0.05) is 29.9 Å². The summed E-state index contributed by atoms with van der Waals surface area (Å²) in [4.78, 5) is 4.49. The highest BCUT2D eigenvalue weighted by Gasteiger charge is 2.15. The molecule has 0 radical (unpaired) electrons. The molecule has 1 N–H and O–H groups in total. The smallest absolute Gasteiger partial charge is 0.101 e. The number of hydrogen-bond donors (Lipinski definition) is 1. The minimum absolute atomic E-state index is 0.269. The van der Waals surface area contributed by atoms with Crippen molar-refractivity contribution < 1.29 is 4.42 Å². The molecule has 3 heteroatoms. The number of aromatic nitrogens is 1. The number of aryl methyl sites for hydroxylation is 2. The highest BCUT2D eigenvalue weighted by molar-refractivity contribution is 5.23. The van der Waals surface area contributed by atoms with E-state index in [1.54, 1.807) is 0 Å². The second kappa shape index (κ2) is 6.53. The van der Waals surface area contributed by atoms with Crippen LogP contribution in [0.3, 0.4) is 0 Å². The summed E-state index contributed by atoms with van der Waals surface area (Å²) in [6.45, 7) is 7.27. The molecule has 0 fully saturated rings. The summed E-state index contributed by atoms with van der Waals surface area (Å²) in [7, 11) is 0. The Balaban J connectivity index is 2.16. The van der Waals surface area contributed by atoms with E-state index < -0.39 is 0 Å². The normalized spacial score (nSPS) is 12.6. The predicted octanol–water partition coefficient (Wildman–Crippen LogP) is 3.57. The molecule has 0 saturated heterocycles. The van der Waals surface area contributed by atoms with Gasteiger partial charge >= 0.3 is 0 Å². The fourth-order valence-corrected chi connectivity index (χ4v) is 2.20. The molecule has 0 aliphatic carbocycles. The lowest BCUT2D eigenvalue weighted by Crippen LogP contribution is -2.24. The first-order valence-electron chi connectivity index (χ1n) is 6.89. The van der Waals surface area contributed by atoms with E-state index in [1.807, 2.05) is 25.5 Å². The van der Waals surface area contributed by atoms with Gasteiger partial charge in [0.25, 0.3) is 0 Å². The molecule has 2 aromatic heterocycles. The van der Waals surface area contributed by atoms with E-state index in [1.165, 1.54) is 11.1 Å². The Morgan fingerprint density at radius 3 is 2.84 bits per heavy atom. The van der Waals surface area contributed by atoms with Crippen LogP contribution in [-0.4, -0.2) is 11.5 Å². The molecule has 0 aliphatic rings. The molecule has 1 unspecified atom stereocenters. The van der Waals surface area contributed by atoms with Crippen LogP contribution in [0.25, 0.3) is 0 Å². The van der Waals surface area contributed by atoms with Gasteiger partial charge in [0.1, 0.15) is 5.76 Å². The van der Waals surface area contributed by atoms with E-state index in [0.717, 1.165) is 30.8 Å². The van der Waals surface area contributed by atoms with Crippen LogP contribution in [0.15, 0.2) is 35.1 Å². The molecule has 0 amide bonds. The van der Waals surface area contributed by atoms with Crippen molar-refractivity contribution in [3.63, 3.8) is 0 Å². The lowest BCUT2D eigenvalue weighted by molar-refractivity contribution is 0.500. The molecular weight excluding hydrogens is 236 g/mol.